The molecule has 0 aliphatic heterocycles. The minimum Gasteiger partial charge on any atom is -0.496 e. The van der Waals surface area contributed by atoms with Crippen molar-refractivity contribution in [2.24, 2.45) is 5.92 Å². The molecule has 0 spiro atoms. The van der Waals surface area contributed by atoms with Gasteiger partial charge in [-0.3, -0.25) is 4.79 Å². The average Bonchev–Trinajstić information content (AvgIpc) is 2.40. The standard InChI is InChI=1S/C15H22FNO2/c1-4-11(5-2)15(18)17-9-8-12-10-13(16)6-7-14(12)19-3/h6-7,10-11H,4-5,8-9H2,1-3H3,(H,17,18). The van der Waals surface area contributed by atoms with Gasteiger partial charge >= 0.3 is 0 Å². The summed E-state index contributed by atoms with van der Waals surface area (Å²) in [4.78, 5) is 11.8. The number of carbonyl (C=O) groups excluding carboxylic acids is 1. The first-order valence-corrected chi connectivity index (χ1v) is 6.72. The quantitative estimate of drug-likeness (QED) is 0.825. The second-order valence-corrected chi connectivity index (χ2v) is 4.51. The van der Waals surface area contributed by atoms with E-state index in [1.165, 1.54) is 12.1 Å². The Bertz CT molecular complexity index is 417. The van der Waals surface area contributed by atoms with E-state index in [0.29, 0.717) is 18.7 Å². The van der Waals surface area contributed by atoms with Crippen LogP contribution in [0, 0.1) is 11.7 Å². The van der Waals surface area contributed by atoms with Crippen LogP contribution in [0.15, 0.2) is 18.2 Å². The molecule has 0 aliphatic carbocycles. The molecule has 1 aromatic rings. The van der Waals surface area contributed by atoms with Crippen molar-refractivity contribution in [3.63, 3.8) is 0 Å². The third-order valence-corrected chi connectivity index (χ3v) is 3.29. The predicted molar refractivity (Wildman–Crippen MR) is 73.7 cm³/mol. The van der Waals surface area contributed by atoms with E-state index < -0.39 is 0 Å². The highest BCUT2D eigenvalue weighted by molar-refractivity contribution is 5.78. The summed E-state index contributed by atoms with van der Waals surface area (Å²) >= 11 is 0. The molecule has 0 atom stereocenters. The Morgan fingerprint density at radius 1 is 1.37 bits per heavy atom. The predicted octanol–water partition coefficient (Wildman–Crippen LogP) is 2.93. The molecule has 4 heteroatoms. The fraction of sp³-hybridized carbons (Fsp3) is 0.533. The molecule has 3 nitrogen and oxygen atoms in total. The number of methoxy groups -OCH3 is 1. The summed E-state index contributed by atoms with van der Waals surface area (Å²) in [7, 11) is 1.56. The Kier molecular flexibility index (Phi) is 6.33. The molecule has 0 saturated carbocycles. The van der Waals surface area contributed by atoms with Crippen molar-refractivity contribution in [2.45, 2.75) is 33.1 Å². The first kappa shape index (κ1) is 15.5. The van der Waals surface area contributed by atoms with Crippen molar-refractivity contribution >= 4 is 5.91 Å². The number of nitrogens with one attached hydrogen (secondary N) is 1. The van der Waals surface area contributed by atoms with Gasteiger partial charge in [-0.2, -0.15) is 0 Å². The summed E-state index contributed by atoms with van der Waals surface area (Å²) in [6.07, 6.45) is 2.24. The van der Waals surface area contributed by atoms with E-state index in [2.05, 4.69) is 5.32 Å². The van der Waals surface area contributed by atoms with Crippen LogP contribution in [0.3, 0.4) is 0 Å². The molecule has 1 aromatic carbocycles. The summed E-state index contributed by atoms with van der Waals surface area (Å²) in [6.45, 7) is 4.50. The Morgan fingerprint density at radius 3 is 2.63 bits per heavy atom. The van der Waals surface area contributed by atoms with Crippen LogP contribution in [0.1, 0.15) is 32.3 Å². The van der Waals surface area contributed by atoms with E-state index in [1.54, 1.807) is 13.2 Å². The molecule has 0 aliphatic rings. The number of benzene rings is 1. The van der Waals surface area contributed by atoms with E-state index in [4.69, 9.17) is 4.74 Å². The molecule has 0 bridgehead atoms. The van der Waals surface area contributed by atoms with Gasteiger partial charge in [-0.15, -0.1) is 0 Å². The van der Waals surface area contributed by atoms with E-state index in [1.807, 2.05) is 13.8 Å². The highest BCUT2D eigenvalue weighted by atomic mass is 19.1. The number of amides is 1. The second kappa shape index (κ2) is 7.77. The summed E-state index contributed by atoms with van der Waals surface area (Å²) in [5.41, 5.74) is 0.771. The Hall–Kier alpha value is -1.58. The molecule has 1 amide bonds. The first-order chi connectivity index (χ1) is 9.12. The fourth-order valence-electron chi connectivity index (χ4n) is 2.07. The lowest BCUT2D eigenvalue weighted by molar-refractivity contribution is -0.125. The molecule has 0 radical (unpaired) electrons. The van der Waals surface area contributed by atoms with Crippen molar-refractivity contribution in [3.05, 3.63) is 29.6 Å². The van der Waals surface area contributed by atoms with Crippen LogP contribution in [0.25, 0.3) is 0 Å². The van der Waals surface area contributed by atoms with Gasteiger partial charge in [0.15, 0.2) is 0 Å². The summed E-state index contributed by atoms with van der Waals surface area (Å²) in [5.74, 6) is 0.495. The molecule has 1 N–H and O–H groups in total. The van der Waals surface area contributed by atoms with Crippen molar-refractivity contribution in [3.8, 4) is 5.75 Å². The molecule has 106 valence electrons. The van der Waals surface area contributed by atoms with Crippen LogP contribution in [-0.4, -0.2) is 19.6 Å². The van der Waals surface area contributed by atoms with Gasteiger partial charge in [-0.05, 0) is 43.0 Å². The minimum absolute atomic E-state index is 0.0643. The lowest BCUT2D eigenvalue weighted by Gasteiger charge is -2.13. The van der Waals surface area contributed by atoms with E-state index in [9.17, 15) is 9.18 Å². The largest absolute Gasteiger partial charge is 0.496 e. The highest BCUT2D eigenvalue weighted by Crippen LogP contribution is 2.19. The van der Waals surface area contributed by atoms with Gasteiger partial charge in [0, 0.05) is 12.5 Å². The van der Waals surface area contributed by atoms with Crippen LogP contribution in [0.5, 0.6) is 5.75 Å². The molecule has 19 heavy (non-hydrogen) atoms. The van der Waals surface area contributed by atoms with E-state index in [0.717, 1.165) is 18.4 Å². The lowest BCUT2D eigenvalue weighted by atomic mass is 10.0. The summed E-state index contributed by atoms with van der Waals surface area (Å²) in [6, 6.07) is 4.42. The lowest BCUT2D eigenvalue weighted by Crippen LogP contribution is -2.31. The first-order valence-electron chi connectivity index (χ1n) is 6.72. The molecule has 0 fully saturated rings. The van der Waals surface area contributed by atoms with Gasteiger partial charge in [-0.1, -0.05) is 13.8 Å². The van der Waals surface area contributed by atoms with E-state index >= 15 is 0 Å². The Labute approximate surface area is 114 Å². The maximum atomic E-state index is 13.2. The van der Waals surface area contributed by atoms with Crippen molar-refractivity contribution in [1.82, 2.24) is 5.32 Å². The molecule has 0 unspecified atom stereocenters. The van der Waals surface area contributed by atoms with Crippen molar-refractivity contribution in [1.29, 1.82) is 0 Å². The third-order valence-electron chi connectivity index (χ3n) is 3.29. The number of hydrogen-bond donors (Lipinski definition) is 1. The van der Waals surface area contributed by atoms with Crippen LogP contribution in [-0.2, 0) is 11.2 Å². The number of hydrogen-bond acceptors (Lipinski definition) is 2. The fourth-order valence-corrected chi connectivity index (χ4v) is 2.07. The zero-order valence-electron chi connectivity index (χ0n) is 11.8. The van der Waals surface area contributed by atoms with Crippen molar-refractivity contribution < 1.29 is 13.9 Å². The average molecular weight is 267 g/mol. The topological polar surface area (TPSA) is 38.3 Å². The van der Waals surface area contributed by atoms with Crippen LogP contribution in [0.2, 0.25) is 0 Å². The minimum atomic E-state index is -0.290. The van der Waals surface area contributed by atoms with Gasteiger partial charge in [0.05, 0.1) is 7.11 Å². The molecule has 0 heterocycles. The zero-order valence-corrected chi connectivity index (χ0v) is 11.8. The van der Waals surface area contributed by atoms with Gasteiger partial charge in [0.2, 0.25) is 5.91 Å². The van der Waals surface area contributed by atoms with Gasteiger partial charge in [0.25, 0.3) is 0 Å². The second-order valence-electron chi connectivity index (χ2n) is 4.51. The van der Waals surface area contributed by atoms with Crippen molar-refractivity contribution in [2.75, 3.05) is 13.7 Å². The smallest absolute Gasteiger partial charge is 0.223 e. The number of rotatable bonds is 7. The van der Waals surface area contributed by atoms with Gasteiger partial charge in [-0.25, -0.2) is 4.39 Å². The normalized spacial score (nSPS) is 10.6. The highest BCUT2D eigenvalue weighted by Gasteiger charge is 2.13. The van der Waals surface area contributed by atoms with Gasteiger partial charge in [0.1, 0.15) is 11.6 Å². The molecular formula is C15H22FNO2. The van der Waals surface area contributed by atoms with Crippen LogP contribution >= 0.6 is 0 Å². The third kappa shape index (κ3) is 4.54. The van der Waals surface area contributed by atoms with Gasteiger partial charge < -0.3 is 10.1 Å². The number of ether oxygens (including phenoxy) is 1. The summed E-state index contributed by atoms with van der Waals surface area (Å²) < 4.78 is 18.3. The maximum absolute atomic E-state index is 13.2. The molecule has 1 rings (SSSR count). The van der Waals surface area contributed by atoms with Crippen LogP contribution in [0.4, 0.5) is 4.39 Å². The SMILES string of the molecule is CCC(CC)C(=O)NCCc1cc(F)ccc1OC. The van der Waals surface area contributed by atoms with E-state index in [-0.39, 0.29) is 17.6 Å². The molecular weight excluding hydrogens is 245 g/mol. The van der Waals surface area contributed by atoms with Crippen LogP contribution < -0.4 is 10.1 Å². The maximum Gasteiger partial charge on any atom is 0.223 e. The molecule has 0 saturated heterocycles. The number of halogens is 1. The Balaban J connectivity index is 2.53. The zero-order chi connectivity index (χ0) is 14.3. The Morgan fingerprint density at radius 2 is 2.05 bits per heavy atom. The molecule has 0 aromatic heterocycles. The monoisotopic (exact) mass is 267 g/mol. The number of carbonyl (C=O) groups is 1. The summed E-state index contributed by atoms with van der Waals surface area (Å²) in [5, 5.41) is 2.89.